The molecule has 1 aliphatic rings. The van der Waals surface area contributed by atoms with Gasteiger partial charge in [0.15, 0.2) is 11.7 Å². The summed E-state index contributed by atoms with van der Waals surface area (Å²) in [6.07, 6.45) is 6.56. The van der Waals surface area contributed by atoms with Crippen molar-refractivity contribution >= 4 is 35.6 Å². The maximum Gasteiger partial charge on any atom is 0.191 e. The number of aromatic nitrogens is 1. The van der Waals surface area contributed by atoms with E-state index in [2.05, 4.69) is 83.9 Å². The second-order valence-corrected chi connectivity index (χ2v) is 7.32. The van der Waals surface area contributed by atoms with Crippen LogP contribution in [0, 0.1) is 0 Å². The summed E-state index contributed by atoms with van der Waals surface area (Å²) in [4.78, 5) is 7.05. The molecule has 3 rings (SSSR count). The van der Waals surface area contributed by atoms with Crippen molar-refractivity contribution in [2.24, 2.45) is 4.99 Å². The van der Waals surface area contributed by atoms with E-state index in [4.69, 9.17) is 9.52 Å². The Labute approximate surface area is 197 Å². The number of nitrogens with one attached hydrogen (secondary N) is 2. The van der Waals surface area contributed by atoms with E-state index >= 15 is 0 Å². The highest BCUT2D eigenvalue weighted by molar-refractivity contribution is 14.0. The number of nitrogens with zero attached hydrogens (tertiary/aromatic N) is 3. The molecule has 2 N–H and O–H groups in total. The fourth-order valence-electron chi connectivity index (χ4n) is 3.50. The first-order valence-electron chi connectivity index (χ1n) is 10.7. The number of guanidine groups is 1. The summed E-state index contributed by atoms with van der Waals surface area (Å²) in [7, 11) is 0. The lowest BCUT2D eigenvalue weighted by Gasteiger charge is -2.17. The Morgan fingerprint density at radius 2 is 1.80 bits per heavy atom. The van der Waals surface area contributed by atoms with Crippen LogP contribution < -0.4 is 15.5 Å². The first-order chi connectivity index (χ1) is 14.2. The van der Waals surface area contributed by atoms with Crippen LogP contribution >= 0.6 is 24.0 Å². The van der Waals surface area contributed by atoms with Crippen LogP contribution in [-0.2, 0) is 13.1 Å². The van der Waals surface area contributed by atoms with Crippen LogP contribution in [0.15, 0.2) is 52.0 Å². The van der Waals surface area contributed by atoms with Gasteiger partial charge in [-0.2, -0.15) is 0 Å². The molecule has 0 unspecified atom stereocenters. The first kappa shape index (κ1) is 24.2. The molecule has 0 aliphatic carbocycles. The monoisotopic (exact) mass is 523 g/mol. The summed E-state index contributed by atoms with van der Waals surface area (Å²) in [6.45, 7) is 10.4. The summed E-state index contributed by atoms with van der Waals surface area (Å²) in [6, 6.07) is 10.7. The van der Waals surface area contributed by atoms with Gasteiger partial charge in [0.1, 0.15) is 0 Å². The summed E-state index contributed by atoms with van der Waals surface area (Å²) >= 11 is 0. The molecule has 164 valence electrons. The molecule has 1 aliphatic heterocycles. The van der Waals surface area contributed by atoms with Crippen molar-refractivity contribution in [2.75, 3.05) is 24.5 Å². The van der Waals surface area contributed by atoms with Crippen molar-refractivity contribution in [2.45, 2.75) is 52.6 Å². The second kappa shape index (κ2) is 12.6. The van der Waals surface area contributed by atoms with Crippen LogP contribution in [0.25, 0.3) is 0 Å². The summed E-state index contributed by atoms with van der Waals surface area (Å²) < 4.78 is 5.50. The predicted octanol–water partition coefficient (Wildman–Crippen LogP) is 4.83. The van der Waals surface area contributed by atoms with Gasteiger partial charge < -0.3 is 20.1 Å². The highest BCUT2D eigenvalue weighted by atomic mass is 127. The fraction of sp³-hybridized carbons (Fsp3) is 0.478. The number of anilines is 1. The minimum absolute atomic E-state index is 0. The van der Waals surface area contributed by atoms with Gasteiger partial charge >= 0.3 is 0 Å². The zero-order chi connectivity index (χ0) is 20.5. The number of benzene rings is 1. The van der Waals surface area contributed by atoms with Crippen molar-refractivity contribution in [3.05, 3.63) is 59.5 Å². The van der Waals surface area contributed by atoms with Gasteiger partial charge in [-0.1, -0.05) is 43.3 Å². The Bertz CT molecular complexity index is 803. The van der Waals surface area contributed by atoms with Crippen molar-refractivity contribution in [3.8, 4) is 0 Å². The molecule has 6 nitrogen and oxygen atoms in total. The van der Waals surface area contributed by atoms with E-state index in [1.165, 1.54) is 11.3 Å². The van der Waals surface area contributed by atoms with Gasteiger partial charge in [-0.25, -0.2) is 4.99 Å². The Morgan fingerprint density at radius 1 is 1.10 bits per heavy atom. The molecule has 0 radical (unpaired) electrons. The van der Waals surface area contributed by atoms with E-state index in [0.717, 1.165) is 49.9 Å². The van der Waals surface area contributed by atoms with Crippen LogP contribution in [0.2, 0.25) is 0 Å². The Kier molecular flexibility index (Phi) is 10.2. The van der Waals surface area contributed by atoms with E-state index in [-0.39, 0.29) is 24.0 Å². The topological polar surface area (TPSA) is 65.7 Å². The first-order valence-corrected chi connectivity index (χ1v) is 10.7. The van der Waals surface area contributed by atoms with Crippen LogP contribution in [0.3, 0.4) is 0 Å². The Hall–Kier alpha value is -2.03. The average Bonchev–Trinajstić information content (AvgIpc) is 3.44. The molecular weight excluding hydrogens is 489 g/mol. The van der Waals surface area contributed by atoms with Crippen LogP contribution in [-0.4, -0.2) is 30.8 Å². The van der Waals surface area contributed by atoms with Crippen molar-refractivity contribution in [1.82, 2.24) is 15.8 Å². The van der Waals surface area contributed by atoms with E-state index in [0.29, 0.717) is 19.0 Å². The third-order valence-electron chi connectivity index (χ3n) is 5.29. The molecule has 0 fully saturated rings. The molecule has 1 aromatic carbocycles. The Balaban J connectivity index is 0.00000320. The van der Waals surface area contributed by atoms with Crippen LogP contribution in [0.5, 0.6) is 0 Å². The zero-order valence-corrected chi connectivity index (χ0v) is 20.6. The minimum atomic E-state index is 0. The standard InChI is InChI=1S/C23H33N5O.HI/c1-4-19(5-2)22-15-21(29-27-22)17-26-23(24-6-3)25-16-18-9-11-20(12-10-18)28-13-7-8-14-28;/h7-12,15,19H,4-6,13-14,16-17H2,1-3H3,(H2,24,25,26);1H. The quantitative estimate of drug-likeness (QED) is 0.214. The molecule has 2 heterocycles. The maximum absolute atomic E-state index is 5.50. The summed E-state index contributed by atoms with van der Waals surface area (Å²) in [5.74, 6) is 2.08. The smallest absolute Gasteiger partial charge is 0.191 e. The fourth-order valence-corrected chi connectivity index (χ4v) is 3.50. The molecule has 2 aromatic rings. The largest absolute Gasteiger partial charge is 0.364 e. The molecule has 0 spiro atoms. The molecule has 0 bridgehead atoms. The highest BCUT2D eigenvalue weighted by Gasteiger charge is 2.13. The van der Waals surface area contributed by atoms with E-state index in [9.17, 15) is 0 Å². The Morgan fingerprint density at radius 3 is 2.43 bits per heavy atom. The highest BCUT2D eigenvalue weighted by Crippen LogP contribution is 2.22. The average molecular weight is 523 g/mol. The maximum atomic E-state index is 5.50. The summed E-state index contributed by atoms with van der Waals surface area (Å²) in [5.41, 5.74) is 3.49. The van der Waals surface area contributed by atoms with Gasteiger partial charge in [0, 0.05) is 37.3 Å². The van der Waals surface area contributed by atoms with Crippen molar-refractivity contribution in [1.29, 1.82) is 0 Å². The third-order valence-corrected chi connectivity index (χ3v) is 5.29. The van der Waals surface area contributed by atoms with Crippen LogP contribution in [0.4, 0.5) is 5.69 Å². The molecule has 0 saturated heterocycles. The molecule has 1 aromatic heterocycles. The zero-order valence-electron chi connectivity index (χ0n) is 18.2. The molecule has 0 amide bonds. The number of halogens is 1. The van der Waals surface area contributed by atoms with Crippen molar-refractivity contribution in [3.63, 3.8) is 0 Å². The van der Waals surface area contributed by atoms with Gasteiger partial charge in [0.2, 0.25) is 0 Å². The number of hydrogen-bond donors (Lipinski definition) is 2. The van der Waals surface area contributed by atoms with Gasteiger partial charge in [-0.05, 0) is 37.5 Å². The number of rotatable bonds is 9. The van der Waals surface area contributed by atoms with Crippen LogP contribution in [0.1, 0.15) is 56.5 Å². The van der Waals surface area contributed by atoms with Gasteiger partial charge in [0.25, 0.3) is 0 Å². The molecule has 30 heavy (non-hydrogen) atoms. The lowest BCUT2D eigenvalue weighted by molar-refractivity contribution is 0.368. The van der Waals surface area contributed by atoms with E-state index in [1.54, 1.807) is 0 Å². The van der Waals surface area contributed by atoms with E-state index < -0.39 is 0 Å². The van der Waals surface area contributed by atoms with Gasteiger partial charge in [-0.3, -0.25) is 0 Å². The van der Waals surface area contributed by atoms with E-state index in [1.807, 2.05) is 0 Å². The summed E-state index contributed by atoms with van der Waals surface area (Å²) in [5, 5.41) is 10.9. The molecule has 0 saturated carbocycles. The number of hydrogen-bond acceptors (Lipinski definition) is 4. The minimum Gasteiger partial charge on any atom is -0.364 e. The third kappa shape index (κ3) is 6.75. The SMILES string of the molecule is CCNC(=NCc1ccc(N2CC=CC2)cc1)NCc1cc(C(CC)CC)no1.I. The van der Waals surface area contributed by atoms with Crippen molar-refractivity contribution < 1.29 is 4.52 Å². The van der Waals surface area contributed by atoms with Gasteiger partial charge in [-0.15, -0.1) is 24.0 Å². The lowest BCUT2D eigenvalue weighted by Crippen LogP contribution is -2.36. The normalized spacial score (nSPS) is 13.6. The number of aliphatic imine (C=N–C) groups is 1. The lowest BCUT2D eigenvalue weighted by atomic mass is 9.99. The molecular formula is C23H34IN5O. The molecule has 7 heteroatoms. The van der Waals surface area contributed by atoms with Gasteiger partial charge in [0.05, 0.1) is 18.8 Å². The second-order valence-electron chi connectivity index (χ2n) is 7.32. The predicted molar refractivity (Wildman–Crippen MR) is 135 cm³/mol. The molecule has 0 atom stereocenters.